The van der Waals surface area contributed by atoms with E-state index in [4.69, 9.17) is 4.74 Å². The monoisotopic (exact) mass is 276 g/mol. The standard InChI is InChI=1S/C17H18F2O/c1-10-3-6-16(20-9-10)12-4-5-14-13(7-12)8-15(18)11(2)17(14)19/h4-5,7-8,10,16H,3,6,9H2,1-2H3. The van der Waals surface area contributed by atoms with Crippen LogP contribution in [0.5, 0.6) is 0 Å². The highest BCUT2D eigenvalue weighted by Crippen LogP contribution is 2.33. The van der Waals surface area contributed by atoms with Crippen LogP contribution in [0.1, 0.15) is 37.0 Å². The summed E-state index contributed by atoms with van der Waals surface area (Å²) < 4.78 is 33.5. The molecule has 3 rings (SSSR count). The summed E-state index contributed by atoms with van der Waals surface area (Å²) in [7, 11) is 0. The minimum absolute atomic E-state index is 0.0445. The molecule has 2 aromatic carbocycles. The van der Waals surface area contributed by atoms with E-state index in [0.29, 0.717) is 16.7 Å². The van der Waals surface area contributed by atoms with Gasteiger partial charge in [0.2, 0.25) is 0 Å². The molecule has 1 aliphatic heterocycles. The van der Waals surface area contributed by atoms with Crippen LogP contribution in [-0.4, -0.2) is 6.61 Å². The van der Waals surface area contributed by atoms with E-state index in [1.165, 1.54) is 13.0 Å². The van der Waals surface area contributed by atoms with Gasteiger partial charge in [0.1, 0.15) is 11.6 Å². The van der Waals surface area contributed by atoms with Crippen molar-refractivity contribution in [2.75, 3.05) is 6.61 Å². The third-order valence-corrected chi connectivity index (χ3v) is 4.16. The minimum atomic E-state index is -0.495. The molecule has 2 aromatic rings. The Kier molecular flexibility index (Phi) is 3.47. The van der Waals surface area contributed by atoms with Crippen molar-refractivity contribution in [3.05, 3.63) is 47.0 Å². The number of hydrogen-bond donors (Lipinski definition) is 0. The Morgan fingerprint density at radius 1 is 1.15 bits per heavy atom. The third kappa shape index (κ3) is 2.31. The van der Waals surface area contributed by atoms with Crippen molar-refractivity contribution < 1.29 is 13.5 Å². The van der Waals surface area contributed by atoms with Gasteiger partial charge < -0.3 is 4.74 Å². The van der Waals surface area contributed by atoms with Crippen molar-refractivity contribution in [1.29, 1.82) is 0 Å². The predicted molar refractivity (Wildman–Crippen MR) is 75.7 cm³/mol. The Morgan fingerprint density at radius 2 is 1.95 bits per heavy atom. The van der Waals surface area contributed by atoms with Gasteiger partial charge in [0.25, 0.3) is 0 Å². The second kappa shape index (κ2) is 5.13. The van der Waals surface area contributed by atoms with Crippen molar-refractivity contribution >= 4 is 10.8 Å². The van der Waals surface area contributed by atoms with Crippen molar-refractivity contribution in [2.45, 2.75) is 32.8 Å². The van der Waals surface area contributed by atoms with E-state index in [1.54, 1.807) is 6.07 Å². The van der Waals surface area contributed by atoms with E-state index in [1.807, 2.05) is 12.1 Å². The summed E-state index contributed by atoms with van der Waals surface area (Å²) >= 11 is 0. The molecular formula is C17H18F2O. The van der Waals surface area contributed by atoms with Crippen LogP contribution >= 0.6 is 0 Å². The molecule has 0 N–H and O–H groups in total. The van der Waals surface area contributed by atoms with Gasteiger partial charge in [-0.2, -0.15) is 0 Å². The first kappa shape index (κ1) is 13.5. The molecule has 0 saturated carbocycles. The lowest BCUT2D eigenvalue weighted by Gasteiger charge is -2.27. The Morgan fingerprint density at radius 3 is 2.65 bits per heavy atom. The van der Waals surface area contributed by atoms with Crippen LogP contribution in [0.4, 0.5) is 8.78 Å². The summed E-state index contributed by atoms with van der Waals surface area (Å²) in [5.41, 5.74) is 1.08. The third-order valence-electron chi connectivity index (χ3n) is 4.16. The van der Waals surface area contributed by atoms with E-state index >= 15 is 0 Å². The average molecular weight is 276 g/mol. The zero-order valence-corrected chi connectivity index (χ0v) is 11.7. The molecule has 1 saturated heterocycles. The van der Waals surface area contributed by atoms with Gasteiger partial charge in [0.15, 0.2) is 0 Å². The zero-order valence-electron chi connectivity index (χ0n) is 11.7. The molecule has 2 atom stereocenters. The number of ether oxygens (including phenoxy) is 1. The largest absolute Gasteiger partial charge is 0.373 e. The summed E-state index contributed by atoms with van der Waals surface area (Å²) in [5, 5.41) is 1.07. The second-order valence-electron chi connectivity index (χ2n) is 5.78. The van der Waals surface area contributed by atoms with Crippen molar-refractivity contribution in [3.8, 4) is 0 Å². The Hall–Kier alpha value is -1.48. The Balaban J connectivity index is 2.01. The summed E-state index contributed by atoms with van der Waals surface area (Å²) in [5.74, 6) is -0.376. The molecule has 1 nitrogen and oxygen atoms in total. The fraction of sp³-hybridized carbons (Fsp3) is 0.412. The van der Waals surface area contributed by atoms with Crippen LogP contribution in [0.15, 0.2) is 24.3 Å². The van der Waals surface area contributed by atoms with Crippen LogP contribution in [-0.2, 0) is 4.74 Å². The average Bonchev–Trinajstić information content (AvgIpc) is 2.45. The summed E-state index contributed by atoms with van der Waals surface area (Å²) in [6, 6.07) is 6.88. The van der Waals surface area contributed by atoms with E-state index in [9.17, 15) is 8.78 Å². The highest BCUT2D eigenvalue weighted by atomic mass is 19.1. The van der Waals surface area contributed by atoms with E-state index in [2.05, 4.69) is 6.92 Å². The van der Waals surface area contributed by atoms with Crippen molar-refractivity contribution in [2.24, 2.45) is 5.92 Å². The minimum Gasteiger partial charge on any atom is -0.373 e. The summed E-state index contributed by atoms with van der Waals surface area (Å²) in [6.07, 6.45) is 2.13. The van der Waals surface area contributed by atoms with E-state index in [0.717, 1.165) is 25.0 Å². The molecule has 0 amide bonds. The zero-order chi connectivity index (χ0) is 14.3. The molecule has 2 unspecified atom stereocenters. The lowest BCUT2D eigenvalue weighted by atomic mass is 9.94. The lowest BCUT2D eigenvalue weighted by molar-refractivity contribution is -0.0123. The highest BCUT2D eigenvalue weighted by Gasteiger charge is 2.21. The van der Waals surface area contributed by atoms with Gasteiger partial charge in [-0.3, -0.25) is 0 Å². The van der Waals surface area contributed by atoms with Gasteiger partial charge >= 0.3 is 0 Å². The number of fused-ring (bicyclic) bond motifs is 1. The second-order valence-corrected chi connectivity index (χ2v) is 5.78. The molecule has 0 aromatic heterocycles. The first-order valence-corrected chi connectivity index (χ1v) is 7.06. The van der Waals surface area contributed by atoms with Gasteiger partial charge in [-0.05, 0) is 48.8 Å². The SMILES string of the molecule is Cc1c(F)cc2cc(C3CCC(C)CO3)ccc2c1F. The molecule has 1 aliphatic rings. The van der Waals surface area contributed by atoms with E-state index < -0.39 is 11.6 Å². The summed E-state index contributed by atoms with van der Waals surface area (Å²) in [4.78, 5) is 0. The maximum atomic E-state index is 14.0. The van der Waals surface area contributed by atoms with Crippen LogP contribution < -0.4 is 0 Å². The van der Waals surface area contributed by atoms with Gasteiger partial charge in [0, 0.05) is 17.6 Å². The smallest absolute Gasteiger partial charge is 0.136 e. The van der Waals surface area contributed by atoms with Crippen LogP contribution in [0.2, 0.25) is 0 Å². The van der Waals surface area contributed by atoms with Gasteiger partial charge in [0.05, 0.1) is 6.10 Å². The predicted octanol–water partition coefficient (Wildman–Crippen LogP) is 4.91. The molecule has 3 heteroatoms. The van der Waals surface area contributed by atoms with Crippen molar-refractivity contribution in [3.63, 3.8) is 0 Å². The Bertz CT molecular complexity index is 643. The van der Waals surface area contributed by atoms with Crippen LogP contribution in [0.25, 0.3) is 10.8 Å². The van der Waals surface area contributed by atoms with Gasteiger partial charge in [-0.1, -0.05) is 19.1 Å². The van der Waals surface area contributed by atoms with Crippen LogP contribution in [0, 0.1) is 24.5 Å². The molecule has 0 bridgehead atoms. The number of hydrogen-bond acceptors (Lipinski definition) is 1. The highest BCUT2D eigenvalue weighted by molar-refractivity contribution is 5.84. The molecule has 1 fully saturated rings. The van der Waals surface area contributed by atoms with Gasteiger partial charge in [-0.15, -0.1) is 0 Å². The van der Waals surface area contributed by atoms with E-state index in [-0.39, 0.29) is 11.7 Å². The molecule has 20 heavy (non-hydrogen) atoms. The topological polar surface area (TPSA) is 9.23 Å². The maximum Gasteiger partial charge on any atom is 0.136 e. The fourth-order valence-electron chi connectivity index (χ4n) is 2.80. The number of halogens is 2. The summed E-state index contributed by atoms with van der Waals surface area (Å²) in [6.45, 7) is 4.38. The fourth-order valence-corrected chi connectivity index (χ4v) is 2.80. The van der Waals surface area contributed by atoms with Gasteiger partial charge in [-0.25, -0.2) is 8.78 Å². The quantitative estimate of drug-likeness (QED) is 0.718. The number of rotatable bonds is 1. The molecule has 1 heterocycles. The van der Waals surface area contributed by atoms with Crippen LogP contribution in [0.3, 0.4) is 0 Å². The number of benzene rings is 2. The maximum absolute atomic E-state index is 14.0. The molecule has 0 radical (unpaired) electrons. The molecule has 0 spiro atoms. The lowest BCUT2D eigenvalue weighted by Crippen LogP contribution is -2.18. The first-order chi connectivity index (χ1) is 9.56. The molecule has 0 aliphatic carbocycles. The normalized spacial score (nSPS) is 23.2. The first-order valence-electron chi connectivity index (χ1n) is 7.06. The van der Waals surface area contributed by atoms with Crippen molar-refractivity contribution in [1.82, 2.24) is 0 Å². The Labute approximate surface area is 117 Å². The molecule has 106 valence electrons. The molecular weight excluding hydrogens is 258 g/mol.